The van der Waals surface area contributed by atoms with E-state index in [4.69, 9.17) is 5.73 Å². The van der Waals surface area contributed by atoms with E-state index in [-0.39, 0.29) is 0 Å². The molecule has 18 heavy (non-hydrogen) atoms. The summed E-state index contributed by atoms with van der Waals surface area (Å²) in [6.07, 6.45) is 5.43. The summed E-state index contributed by atoms with van der Waals surface area (Å²) < 4.78 is 0. The topological polar surface area (TPSA) is 43.1 Å². The minimum atomic E-state index is 0.384. The molecule has 0 bridgehead atoms. The van der Waals surface area contributed by atoms with Gasteiger partial charge in [0.2, 0.25) is 0 Å². The van der Waals surface area contributed by atoms with E-state index in [1.54, 1.807) is 0 Å². The Morgan fingerprint density at radius 3 is 2.50 bits per heavy atom. The molecule has 0 aliphatic heterocycles. The van der Waals surface area contributed by atoms with Gasteiger partial charge in [-0.15, -0.1) is 0 Å². The zero-order chi connectivity index (χ0) is 13.2. The average Bonchev–Trinajstić information content (AvgIpc) is 2.42. The minimum absolute atomic E-state index is 0.384. The number of nitrogens with two attached hydrogens (primary N) is 1. The summed E-state index contributed by atoms with van der Waals surface area (Å²) in [4.78, 5) is 11.8. The van der Waals surface area contributed by atoms with E-state index in [1.165, 1.54) is 5.56 Å². The molecule has 2 N–H and O–H groups in total. The number of ketones is 1. The van der Waals surface area contributed by atoms with Gasteiger partial charge in [0, 0.05) is 12.8 Å². The normalized spacial score (nSPS) is 12.3. The van der Waals surface area contributed by atoms with Crippen molar-refractivity contribution < 1.29 is 4.79 Å². The molecule has 1 aromatic carbocycles. The van der Waals surface area contributed by atoms with Crippen LogP contribution in [0.15, 0.2) is 30.3 Å². The summed E-state index contributed by atoms with van der Waals surface area (Å²) in [6, 6.07) is 10.2. The van der Waals surface area contributed by atoms with Crippen molar-refractivity contribution in [3.63, 3.8) is 0 Å². The van der Waals surface area contributed by atoms with Crippen molar-refractivity contribution in [2.75, 3.05) is 6.54 Å². The molecule has 2 nitrogen and oxygen atoms in total. The Hall–Kier alpha value is -1.15. The largest absolute Gasteiger partial charge is 0.330 e. The molecule has 1 unspecified atom stereocenters. The van der Waals surface area contributed by atoms with Crippen molar-refractivity contribution >= 4 is 5.78 Å². The second kappa shape index (κ2) is 8.87. The summed E-state index contributed by atoms with van der Waals surface area (Å²) in [5.41, 5.74) is 6.81. The third kappa shape index (κ3) is 5.97. The maximum Gasteiger partial charge on any atom is 0.133 e. The lowest BCUT2D eigenvalue weighted by Crippen LogP contribution is -2.10. The molecule has 1 aromatic rings. The van der Waals surface area contributed by atoms with Crippen LogP contribution < -0.4 is 5.73 Å². The number of Topliss-reactive ketones (excluding diaryl/α,β-unsaturated/α-hetero) is 1. The Bertz CT molecular complexity index is 334. The van der Waals surface area contributed by atoms with Crippen LogP contribution in [0.1, 0.15) is 44.6 Å². The number of benzene rings is 1. The van der Waals surface area contributed by atoms with E-state index in [0.29, 0.717) is 24.5 Å². The van der Waals surface area contributed by atoms with Crippen LogP contribution in [0.4, 0.5) is 0 Å². The van der Waals surface area contributed by atoms with E-state index < -0.39 is 0 Å². The maximum absolute atomic E-state index is 11.8. The first-order valence-corrected chi connectivity index (χ1v) is 7.02. The molecule has 0 radical (unpaired) electrons. The summed E-state index contributed by atoms with van der Waals surface area (Å²) in [6.45, 7) is 2.91. The van der Waals surface area contributed by atoms with Gasteiger partial charge in [-0.3, -0.25) is 4.79 Å². The molecule has 100 valence electrons. The van der Waals surface area contributed by atoms with E-state index >= 15 is 0 Å². The maximum atomic E-state index is 11.8. The monoisotopic (exact) mass is 247 g/mol. The third-order valence-corrected chi connectivity index (χ3v) is 3.52. The fraction of sp³-hybridized carbons (Fsp3) is 0.562. The predicted molar refractivity (Wildman–Crippen MR) is 76.5 cm³/mol. The lowest BCUT2D eigenvalue weighted by atomic mass is 9.94. The van der Waals surface area contributed by atoms with Gasteiger partial charge >= 0.3 is 0 Å². The molecule has 0 aliphatic rings. The number of rotatable bonds is 9. The number of aryl methyl sites for hydroxylation is 1. The molecule has 0 saturated carbocycles. The van der Waals surface area contributed by atoms with E-state index in [2.05, 4.69) is 19.1 Å². The number of hydrogen-bond acceptors (Lipinski definition) is 2. The Labute approximate surface area is 111 Å². The summed E-state index contributed by atoms with van der Waals surface area (Å²) >= 11 is 0. The molecule has 0 amide bonds. The van der Waals surface area contributed by atoms with Gasteiger partial charge in [-0.2, -0.15) is 0 Å². The average molecular weight is 247 g/mol. The van der Waals surface area contributed by atoms with Gasteiger partial charge in [0.05, 0.1) is 0 Å². The first-order chi connectivity index (χ1) is 8.76. The van der Waals surface area contributed by atoms with E-state index in [1.807, 2.05) is 18.2 Å². The first kappa shape index (κ1) is 14.9. The smallest absolute Gasteiger partial charge is 0.133 e. The first-order valence-electron chi connectivity index (χ1n) is 7.02. The lowest BCUT2D eigenvalue weighted by molar-refractivity contribution is -0.119. The van der Waals surface area contributed by atoms with Crippen LogP contribution in [0, 0.1) is 5.92 Å². The fourth-order valence-electron chi connectivity index (χ4n) is 2.21. The van der Waals surface area contributed by atoms with Gasteiger partial charge in [-0.1, -0.05) is 43.7 Å². The Morgan fingerprint density at radius 1 is 1.17 bits per heavy atom. The number of hydrogen-bond donors (Lipinski definition) is 1. The molecule has 1 atom stereocenters. The molecule has 1 rings (SSSR count). The van der Waals surface area contributed by atoms with Crippen LogP contribution in [0.3, 0.4) is 0 Å². The van der Waals surface area contributed by atoms with E-state index in [0.717, 1.165) is 32.2 Å². The summed E-state index contributed by atoms with van der Waals surface area (Å²) in [7, 11) is 0. The standard InChI is InChI=1S/C16H25NO/c1-2-14(12-13-17)8-10-16(18)11-9-15-6-4-3-5-7-15/h3-7,14H,2,8-13,17H2,1H3. The summed E-state index contributed by atoms with van der Waals surface area (Å²) in [5.74, 6) is 1.00. The molecule has 0 saturated heterocycles. The predicted octanol–water partition coefficient (Wildman–Crippen LogP) is 3.34. The van der Waals surface area contributed by atoms with Crippen molar-refractivity contribution in [3.8, 4) is 0 Å². The van der Waals surface area contributed by atoms with Crippen LogP contribution >= 0.6 is 0 Å². The van der Waals surface area contributed by atoms with Gasteiger partial charge in [-0.25, -0.2) is 0 Å². The highest BCUT2D eigenvalue weighted by Gasteiger charge is 2.09. The van der Waals surface area contributed by atoms with Crippen molar-refractivity contribution in [1.29, 1.82) is 0 Å². The quantitative estimate of drug-likeness (QED) is 0.727. The van der Waals surface area contributed by atoms with Crippen molar-refractivity contribution in [2.45, 2.75) is 45.4 Å². The Balaban J connectivity index is 2.21. The molecule has 0 heterocycles. The van der Waals surface area contributed by atoms with Gasteiger partial charge < -0.3 is 5.73 Å². The fourth-order valence-corrected chi connectivity index (χ4v) is 2.21. The van der Waals surface area contributed by atoms with Gasteiger partial charge in [0.15, 0.2) is 0 Å². The van der Waals surface area contributed by atoms with Crippen LogP contribution in [0.2, 0.25) is 0 Å². The Morgan fingerprint density at radius 2 is 1.89 bits per heavy atom. The highest BCUT2D eigenvalue weighted by molar-refractivity contribution is 5.78. The zero-order valence-corrected chi connectivity index (χ0v) is 11.4. The second-order valence-electron chi connectivity index (χ2n) is 4.91. The van der Waals surface area contributed by atoms with Gasteiger partial charge in [0.25, 0.3) is 0 Å². The molecule has 0 aromatic heterocycles. The highest BCUT2D eigenvalue weighted by Crippen LogP contribution is 2.15. The highest BCUT2D eigenvalue weighted by atomic mass is 16.1. The van der Waals surface area contributed by atoms with Crippen LogP contribution in [-0.4, -0.2) is 12.3 Å². The van der Waals surface area contributed by atoms with Gasteiger partial charge in [0.1, 0.15) is 5.78 Å². The third-order valence-electron chi connectivity index (χ3n) is 3.52. The van der Waals surface area contributed by atoms with Crippen LogP contribution in [0.5, 0.6) is 0 Å². The number of carbonyl (C=O) groups is 1. The Kier molecular flexibility index (Phi) is 7.35. The minimum Gasteiger partial charge on any atom is -0.330 e. The van der Waals surface area contributed by atoms with E-state index in [9.17, 15) is 4.79 Å². The van der Waals surface area contributed by atoms with Crippen molar-refractivity contribution in [2.24, 2.45) is 11.7 Å². The molecule has 0 spiro atoms. The number of carbonyl (C=O) groups excluding carboxylic acids is 1. The molecule has 0 aliphatic carbocycles. The zero-order valence-electron chi connectivity index (χ0n) is 11.4. The summed E-state index contributed by atoms with van der Waals surface area (Å²) in [5, 5.41) is 0. The molecule has 0 fully saturated rings. The SMILES string of the molecule is CCC(CCN)CCC(=O)CCc1ccccc1. The van der Waals surface area contributed by atoms with Crippen LogP contribution in [-0.2, 0) is 11.2 Å². The van der Waals surface area contributed by atoms with Crippen LogP contribution in [0.25, 0.3) is 0 Å². The van der Waals surface area contributed by atoms with Gasteiger partial charge in [-0.05, 0) is 37.3 Å². The van der Waals surface area contributed by atoms with Crippen molar-refractivity contribution in [1.82, 2.24) is 0 Å². The molecular weight excluding hydrogens is 222 g/mol. The molecular formula is C16H25NO. The molecule has 2 heteroatoms. The second-order valence-corrected chi connectivity index (χ2v) is 4.91. The lowest BCUT2D eigenvalue weighted by Gasteiger charge is -2.12. The van der Waals surface area contributed by atoms with Crippen molar-refractivity contribution in [3.05, 3.63) is 35.9 Å².